The van der Waals surface area contributed by atoms with E-state index in [1.54, 1.807) is 55.5 Å². The zero-order chi connectivity index (χ0) is 24.4. The summed E-state index contributed by atoms with van der Waals surface area (Å²) < 4.78 is 5.78. The highest BCUT2D eigenvalue weighted by Gasteiger charge is 2.36. The summed E-state index contributed by atoms with van der Waals surface area (Å²) in [5.74, 6) is -1.44. The number of hydrogen-bond donors (Lipinski definition) is 2. The number of carbonyl (C=O) groups is 4. The fourth-order valence-electron chi connectivity index (χ4n) is 3.35. The Kier molecular flexibility index (Phi) is 6.58. The van der Waals surface area contributed by atoms with E-state index < -0.39 is 29.6 Å². The van der Waals surface area contributed by atoms with Gasteiger partial charge in [-0.3, -0.25) is 19.3 Å². The maximum absolute atomic E-state index is 12.7. The second-order valence-corrected chi connectivity index (χ2v) is 8.74. The standard InChI is InChI=1S/C24H17ClN2O6S/c1-13-17(3-2-4-18(13)23(30)31)19-10-9-16(33-19)11-20-22(29)27(24(32)34-20)12-21(28)26-15-7-5-14(25)6-8-15/h2-11H,12H2,1H3,(H,26,28)(H,30,31)/b20-11-. The number of hydrogen-bond acceptors (Lipinski definition) is 6. The summed E-state index contributed by atoms with van der Waals surface area (Å²) >= 11 is 6.52. The second kappa shape index (κ2) is 9.58. The number of amides is 3. The molecule has 0 atom stereocenters. The van der Waals surface area contributed by atoms with Gasteiger partial charge >= 0.3 is 5.97 Å². The molecular weight excluding hydrogens is 480 g/mol. The first-order valence-electron chi connectivity index (χ1n) is 9.97. The van der Waals surface area contributed by atoms with Crippen LogP contribution in [0.25, 0.3) is 17.4 Å². The molecule has 2 heterocycles. The SMILES string of the molecule is Cc1c(C(=O)O)cccc1-c1ccc(/C=C2\SC(=O)N(CC(=O)Nc3ccc(Cl)cc3)C2=O)o1. The fraction of sp³-hybridized carbons (Fsp3) is 0.0833. The Labute approximate surface area is 203 Å². The van der Waals surface area contributed by atoms with Gasteiger partial charge in [0.1, 0.15) is 18.1 Å². The molecule has 1 aliphatic heterocycles. The molecule has 0 spiro atoms. The first-order chi connectivity index (χ1) is 16.2. The Hall–Kier alpha value is -3.82. The molecule has 4 rings (SSSR count). The molecule has 0 aliphatic carbocycles. The largest absolute Gasteiger partial charge is 0.478 e. The number of benzene rings is 2. The van der Waals surface area contributed by atoms with Crippen LogP contribution in [0.5, 0.6) is 0 Å². The topological polar surface area (TPSA) is 117 Å². The summed E-state index contributed by atoms with van der Waals surface area (Å²) in [5, 5.41) is 11.9. The van der Waals surface area contributed by atoms with Gasteiger partial charge in [-0.15, -0.1) is 0 Å². The lowest BCUT2D eigenvalue weighted by atomic mass is 10.0. The first kappa shape index (κ1) is 23.3. The van der Waals surface area contributed by atoms with Crippen LogP contribution in [0.2, 0.25) is 5.02 Å². The summed E-state index contributed by atoms with van der Waals surface area (Å²) in [6, 6.07) is 14.6. The molecule has 1 aliphatic rings. The number of anilines is 1. The zero-order valence-electron chi connectivity index (χ0n) is 17.7. The predicted molar refractivity (Wildman–Crippen MR) is 129 cm³/mol. The van der Waals surface area contributed by atoms with Crippen molar-refractivity contribution in [2.45, 2.75) is 6.92 Å². The van der Waals surface area contributed by atoms with Crippen LogP contribution in [0, 0.1) is 6.92 Å². The molecule has 1 aromatic heterocycles. The fourth-order valence-corrected chi connectivity index (χ4v) is 4.30. The van der Waals surface area contributed by atoms with Gasteiger partial charge in [0.05, 0.1) is 10.5 Å². The molecule has 34 heavy (non-hydrogen) atoms. The lowest BCUT2D eigenvalue weighted by Crippen LogP contribution is -2.36. The monoisotopic (exact) mass is 496 g/mol. The van der Waals surface area contributed by atoms with Crippen molar-refractivity contribution in [2.75, 3.05) is 11.9 Å². The summed E-state index contributed by atoms with van der Waals surface area (Å²) in [5.41, 5.74) is 1.80. The minimum absolute atomic E-state index is 0.112. The quantitative estimate of drug-likeness (QED) is 0.446. The van der Waals surface area contributed by atoms with Gasteiger partial charge in [0.2, 0.25) is 5.91 Å². The second-order valence-electron chi connectivity index (χ2n) is 7.31. The highest BCUT2D eigenvalue weighted by atomic mass is 35.5. The third-order valence-electron chi connectivity index (χ3n) is 5.03. The number of thioether (sulfide) groups is 1. The van der Waals surface area contributed by atoms with Gasteiger partial charge in [-0.1, -0.05) is 23.7 Å². The van der Waals surface area contributed by atoms with Crippen molar-refractivity contribution in [1.82, 2.24) is 4.90 Å². The van der Waals surface area contributed by atoms with Crippen LogP contribution in [0.1, 0.15) is 21.7 Å². The summed E-state index contributed by atoms with van der Waals surface area (Å²) in [4.78, 5) is 49.7. The van der Waals surface area contributed by atoms with Crippen LogP contribution in [0.4, 0.5) is 10.5 Å². The van der Waals surface area contributed by atoms with E-state index in [1.165, 1.54) is 12.1 Å². The molecule has 2 aromatic carbocycles. The maximum atomic E-state index is 12.7. The molecule has 10 heteroatoms. The summed E-state index contributed by atoms with van der Waals surface area (Å²) in [6.07, 6.45) is 1.42. The number of halogens is 1. The lowest BCUT2D eigenvalue weighted by Gasteiger charge is -2.12. The molecule has 172 valence electrons. The molecule has 0 saturated carbocycles. The van der Waals surface area contributed by atoms with Crippen LogP contribution < -0.4 is 5.32 Å². The van der Waals surface area contributed by atoms with Gasteiger partial charge < -0.3 is 14.8 Å². The van der Waals surface area contributed by atoms with E-state index in [-0.39, 0.29) is 10.5 Å². The molecule has 2 N–H and O–H groups in total. The van der Waals surface area contributed by atoms with E-state index in [4.69, 9.17) is 16.0 Å². The Bertz CT molecular complexity index is 1350. The zero-order valence-corrected chi connectivity index (χ0v) is 19.3. The number of rotatable bonds is 6. The van der Waals surface area contributed by atoms with Crippen LogP contribution >= 0.6 is 23.4 Å². The van der Waals surface area contributed by atoms with E-state index in [0.29, 0.717) is 45.1 Å². The van der Waals surface area contributed by atoms with E-state index >= 15 is 0 Å². The van der Waals surface area contributed by atoms with Crippen molar-refractivity contribution in [3.05, 3.63) is 81.4 Å². The first-order valence-corrected chi connectivity index (χ1v) is 11.2. The Morgan fingerprint density at radius 2 is 1.85 bits per heavy atom. The number of nitrogens with one attached hydrogen (secondary N) is 1. The Balaban J connectivity index is 1.48. The number of aromatic carboxylic acids is 1. The molecule has 0 bridgehead atoms. The number of carbonyl (C=O) groups excluding carboxylic acids is 3. The molecule has 0 radical (unpaired) electrons. The van der Waals surface area contributed by atoms with Crippen molar-refractivity contribution in [2.24, 2.45) is 0 Å². The third kappa shape index (κ3) is 4.90. The van der Waals surface area contributed by atoms with Crippen molar-refractivity contribution in [3.8, 4) is 11.3 Å². The van der Waals surface area contributed by atoms with Gasteiger partial charge in [-0.2, -0.15) is 0 Å². The van der Waals surface area contributed by atoms with Gasteiger partial charge in [-0.05, 0) is 66.7 Å². The highest BCUT2D eigenvalue weighted by Crippen LogP contribution is 2.34. The third-order valence-corrected chi connectivity index (χ3v) is 6.19. The number of furan rings is 1. The van der Waals surface area contributed by atoms with Gasteiger partial charge in [0.25, 0.3) is 11.1 Å². The Morgan fingerprint density at radius 3 is 2.56 bits per heavy atom. The average molecular weight is 497 g/mol. The van der Waals surface area contributed by atoms with Crippen LogP contribution in [0.15, 0.2) is 63.9 Å². The molecular formula is C24H17ClN2O6S. The maximum Gasteiger partial charge on any atom is 0.335 e. The van der Waals surface area contributed by atoms with E-state index in [0.717, 1.165) is 4.90 Å². The minimum atomic E-state index is -1.04. The number of carboxylic acid groups (broad SMARTS) is 1. The minimum Gasteiger partial charge on any atom is -0.478 e. The van der Waals surface area contributed by atoms with Crippen LogP contribution in [-0.4, -0.2) is 39.6 Å². The lowest BCUT2D eigenvalue weighted by molar-refractivity contribution is -0.127. The highest BCUT2D eigenvalue weighted by molar-refractivity contribution is 8.18. The van der Waals surface area contributed by atoms with Crippen molar-refractivity contribution in [3.63, 3.8) is 0 Å². The van der Waals surface area contributed by atoms with Crippen molar-refractivity contribution in [1.29, 1.82) is 0 Å². The smallest absolute Gasteiger partial charge is 0.335 e. The van der Waals surface area contributed by atoms with Gasteiger partial charge in [0, 0.05) is 22.3 Å². The molecule has 1 fully saturated rings. The van der Waals surface area contributed by atoms with Gasteiger partial charge in [0.15, 0.2) is 0 Å². The van der Waals surface area contributed by atoms with E-state index in [2.05, 4.69) is 5.32 Å². The number of imide groups is 1. The van der Waals surface area contributed by atoms with Crippen LogP contribution in [0.3, 0.4) is 0 Å². The van der Waals surface area contributed by atoms with Crippen molar-refractivity contribution < 1.29 is 28.7 Å². The normalized spacial score (nSPS) is 14.6. The molecule has 3 aromatic rings. The van der Waals surface area contributed by atoms with E-state index in [9.17, 15) is 24.3 Å². The Morgan fingerprint density at radius 1 is 1.12 bits per heavy atom. The molecule has 8 nitrogen and oxygen atoms in total. The van der Waals surface area contributed by atoms with Crippen LogP contribution in [-0.2, 0) is 9.59 Å². The molecule has 1 saturated heterocycles. The molecule has 3 amide bonds. The number of carboxylic acids is 1. The molecule has 0 unspecified atom stereocenters. The predicted octanol–water partition coefficient (Wildman–Crippen LogP) is 5.28. The number of nitrogens with zero attached hydrogens (tertiary/aromatic N) is 1. The van der Waals surface area contributed by atoms with E-state index in [1.807, 2.05) is 0 Å². The summed E-state index contributed by atoms with van der Waals surface area (Å²) in [6.45, 7) is 1.25. The van der Waals surface area contributed by atoms with Crippen molar-refractivity contribution >= 4 is 58.1 Å². The van der Waals surface area contributed by atoms with Gasteiger partial charge in [-0.25, -0.2) is 4.79 Å². The average Bonchev–Trinajstić information content (AvgIpc) is 3.35. The summed E-state index contributed by atoms with van der Waals surface area (Å²) in [7, 11) is 0.